The van der Waals surface area contributed by atoms with Crippen molar-refractivity contribution in [1.29, 1.82) is 0 Å². The summed E-state index contributed by atoms with van der Waals surface area (Å²) in [4.78, 5) is 6.53. The molecule has 0 aliphatic heterocycles. The number of rotatable bonds is 9. The molecule has 0 aliphatic carbocycles. The van der Waals surface area contributed by atoms with E-state index in [1.165, 1.54) is 0 Å². The molecule has 8 heteroatoms. The largest absolute Gasteiger partial charge is 0.389 e. The van der Waals surface area contributed by atoms with E-state index >= 15 is 0 Å². The highest BCUT2D eigenvalue weighted by Crippen LogP contribution is 2.03. The number of benzene rings is 1. The van der Waals surface area contributed by atoms with Crippen LogP contribution >= 0.6 is 24.0 Å². The molecule has 150 valence electrons. The highest BCUT2D eigenvalue weighted by Gasteiger charge is 2.10. The second kappa shape index (κ2) is 12.7. The van der Waals surface area contributed by atoms with Gasteiger partial charge in [-0.25, -0.2) is 0 Å². The summed E-state index contributed by atoms with van der Waals surface area (Å²) in [6, 6.07) is 9.92. The summed E-state index contributed by atoms with van der Waals surface area (Å²) in [7, 11) is 3.86. The van der Waals surface area contributed by atoms with Crippen LogP contribution in [-0.4, -0.2) is 58.6 Å². The number of halogens is 1. The monoisotopic (exact) mass is 487 g/mol. The fourth-order valence-electron chi connectivity index (χ4n) is 2.50. The quantitative estimate of drug-likeness (QED) is 0.322. The lowest BCUT2D eigenvalue weighted by Crippen LogP contribution is -2.39. The van der Waals surface area contributed by atoms with Crippen molar-refractivity contribution in [1.82, 2.24) is 20.0 Å². The van der Waals surface area contributed by atoms with Crippen molar-refractivity contribution in [3.8, 4) is 0 Å². The topological polar surface area (TPSA) is 74.9 Å². The second-order valence-electron chi connectivity index (χ2n) is 6.23. The van der Waals surface area contributed by atoms with Gasteiger partial charge in [0, 0.05) is 38.9 Å². The molecule has 2 rings (SSSR count). The molecule has 2 N–H and O–H groups in total. The zero-order valence-electron chi connectivity index (χ0n) is 16.2. The predicted molar refractivity (Wildman–Crippen MR) is 118 cm³/mol. The summed E-state index contributed by atoms with van der Waals surface area (Å²) in [5.41, 5.74) is 2.19. The van der Waals surface area contributed by atoms with Gasteiger partial charge in [0.1, 0.15) is 0 Å². The predicted octanol–water partition coefficient (Wildman–Crippen LogP) is 2.01. The van der Waals surface area contributed by atoms with Crippen LogP contribution < -0.4 is 5.32 Å². The molecule has 2 aromatic rings. The molecule has 0 aliphatic rings. The van der Waals surface area contributed by atoms with Crippen molar-refractivity contribution >= 4 is 29.9 Å². The van der Waals surface area contributed by atoms with Crippen LogP contribution in [0, 0.1) is 0 Å². The molecule has 0 amide bonds. The first kappa shape index (κ1) is 23.4. The summed E-state index contributed by atoms with van der Waals surface area (Å²) >= 11 is 0. The molecule has 1 unspecified atom stereocenters. The zero-order chi connectivity index (χ0) is 18.8. The van der Waals surface area contributed by atoms with Crippen LogP contribution in [0.15, 0.2) is 47.7 Å². The number of nitrogens with one attached hydrogen (secondary N) is 1. The molecule has 0 fully saturated rings. The average molecular weight is 487 g/mol. The Morgan fingerprint density at radius 2 is 2.07 bits per heavy atom. The Morgan fingerprint density at radius 1 is 1.33 bits per heavy atom. The van der Waals surface area contributed by atoms with E-state index in [0.717, 1.165) is 23.6 Å². The van der Waals surface area contributed by atoms with E-state index in [1.807, 2.05) is 68.6 Å². The number of aliphatic imine (C=N–C) groups is 1. The first-order chi connectivity index (χ1) is 12.6. The number of ether oxygens (including phenoxy) is 1. The Morgan fingerprint density at radius 3 is 2.70 bits per heavy atom. The van der Waals surface area contributed by atoms with Crippen LogP contribution in [0.25, 0.3) is 0 Å². The second-order valence-corrected chi connectivity index (χ2v) is 6.23. The minimum Gasteiger partial charge on any atom is -0.389 e. The van der Waals surface area contributed by atoms with E-state index in [9.17, 15) is 5.11 Å². The summed E-state index contributed by atoms with van der Waals surface area (Å²) in [6.07, 6.45) is 3.18. The van der Waals surface area contributed by atoms with Crippen molar-refractivity contribution in [2.24, 2.45) is 12.0 Å². The van der Waals surface area contributed by atoms with E-state index in [4.69, 9.17) is 4.74 Å². The number of hydrogen-bond donors (Lipinski definition) is 2. The fraction of sp³-hybridized carbons (Fsp3) is 0.474. The van der Waals surface area contributed by atoms with Gasteiger partial charge in [-0.1, -0.05) is 30.3 Å². The third kappa shape index (κ3) is 8.72. The van der Waals surface area contributed by atoms with Crippen LogP contribution in [0.1, 0.15) is 18.1 Å². The standard InChI is InChI=1S/C19H29N5O2.HI/c1-4-20-19(23(2)12-17-10-22-24(3)13-17)21-11-18(25)15-26-14-16-8-6-5-7-9-16;/h5-10,13,18,25H,4,11-12,14-15H2,1-3H3,(H,20,21);1H. The van der Waals surface area contributed by atoms with Crippen LogP contribution in [0.4, 0.5) is 0 Å². The van der Waals surface area contributed by atoms with Crippen molar-refractivity contribution < 1.29 is 9.84 Å². The molecule has 7 nitrogen and oxygen atoms in total. The SMILES string of the molecule is CCNC(=NCC(O)COCc1ccccc1)N(C)Cc1cnn(C)c1.I. The van der Waals surface area contributed by atoms with E-state index in [2.05, 4.69) is 15.4 Å². The summed E-state index contributed by atoms with van der Waals surface area (Å²) in [6.45, 7) is 4.51. The molecule has 1 aromatic carbocycles. The molecule has 1 atom stereocenters. The number of guanidine groups is 1. The summed E-state index contributed by atoms with van der Waals surface area (Å²) in [5.74, 6) is 0.749. The maximum atomic E-state index is 10.1. The number of aromatic nitrogens is 2. The molecule has 0 radical (unpaired) electrons. The van der Waals surface area contributed by atoms with Gasteiger partial charge in [0.25, 0.3) is 0 Å². The van der Waals surface area contributed by atoms with E-state index < -0.39 is 6.10 Å². The normalized spacial score (nSPS) is 12.4. The van der Waals surface area contributed by atoms with Crippen molar-refractivity contribution in [2.45, 2.75) is 26.2 Å². The minimum absolute atomic E-state index is 0. The lowest BCUT2D eigenvalue weighted by molar-refractivity contribution is 0.0330. The Labute approximate surface area is 178 Å². The molecule has 0 saturated heterocycles. The van der Waals surface area contributed by atoms with Gasteiger partial charge in [-0.15, -0.1) is 24.0 Å². The van der Waals surface area contributed by atoms with Gasteiger partial charge >= 0.3 is 0 Å². The molecular formula is C19H30IN5O2. The Balaban J connectivity index is 0.00000364. The Kier molecular flexibility index (Phi) is 11.0. The van der Waals surface area contributed by atoms with Crippen molar-refractivity contribution in [3.63, 3.8) is 0 Å². The van der Waals surface area contributed by atoms with Gasteiger partial charge in [-0.05, 0) is 12.5 Å². The summed E-state index contributed by atoms with van der Waals surface area (Å²) < 4.78 is 7.35. The maximum absolute atomic E-state index is 10.1. The molecule has 1 heterocycles. The molecule has 27 heavy (non-hydrogen) atoms. The fourth-order valence-corrected chi connectivity index (χ4v) is 2.50. The number of aliphatic hydroxyl groups is 1. The van der Waals surface area contributed by atoms with Gasteiger partial charge in [0.15, 0.2) is 5.96 Å². The Bertz CT molecular complexity index is 678. The van der Waals surface area contributed by atoms with Crippen LogP contribution in [0.2, 0.25) is 0 Å². The van der Waals surface area contributed by atoms with Crippen LogP contribution in [-0.2, 0) is 24.9 Å². The van der Waals surface area contributed by atoms with Crippen LogP contribution in [0.3, 0.4) is 0 Å². The van der Waals surface area contributed by atoms with Crippen molar-refractivity contribution in [2.75, 3.05) is 26.7 Å². The molecule has 1 aromatic heterocycles. The highest BCUT2D eigenvalue weighted by atomic mass is 127. The number of aliphatic hydroxyl groups excluding tert-OH is 1. The van der Waals surface area contributed by atoms with Crippen LogP contribution in [0.5, 0.6) is 0 Å². The van der Waals surface area contributed by atoms with Crippen molar-refractivity contribution in [3.05, 3.63) is 53.9 Å². The van der Waals surface area contributed by atoms with Gasteiger partial charge in [0.2, 0.25) is 0 Å². The number of hydrogen-bond acceptors (Lipinski definition) is 4. The Hall–Kier alpha value is -1.65. The number of aryl methyl sites for hydroxylation is 1. The van der Waals surface area contributed by atoms with Gasteiger partial charge in [-0.2, -0.15) is 5.10 Å². The zero-order valence-corrected chi connectivity index (χ0v) is 18.5. The third-order valence-electron chi connectivity index (χ3n) is 3.75. The third-order valence-corrected chi connectivity index (χ3v) is 3.75. The highest BCUT2D eigenvalue weighted by molar-refractivity contribution is 14.0. The molecular weight excluding hydrogens is 457 g/mol. The van der Waals surface area contributed by atoms with Gasteiger partial charge < -0.3 is 20.1 Å². The molecule has 0 bridgehead atoms. The smallest absolute Gasteiger partial charge is 0.194 e. The van der Waals surface area contributed by atoms with E-state index in [1.54, 1.807) is 4.68 Å². The van der Waals surface area contributed by atoms with E-state index in [0.29, 0.717) is 13.2 Å². The van der Waals surface area contributed by atoms with Gasteiger partial charge in [-0.3, -0.25) is 9.67 Å². The minimum atomic E-state index is -0.640. The molecule has 0 spiro atoms. The lowest BCUT2D eigenvalue weighted by Gasteiger charge is -2.22. The average Bonchev–Trinajstić information content (AvgIpc) is 3.04. The first-order valence-corrected chi connectivity index (χ1v) is 8.85. The first-order valence-electron chi connectivity index (χ1n) is 8.85. The number of nitrogens with zero attached hydrogens (tertiary/aromatic N) is 4. The maximum Gasteiger partial charge on any atom is 0.194 e. The lowest BCUT2D eigenvalue weighted by atomic mass is 10.2. The van der Waals surface area contributed by atoms with E-state index in [-0.39, 0.29) is 37.1 Å². The molecule has 0 saturated carbocycles. The summed E-state index contributed by atoms with van der Waals surface area (Å²) in [5, 5.41) is 17.6. The van der Waals surface area contributed by atoms with Gasteiger partial charge in [0.05, 0.1) is 32.1 Å².